The third kappa shape index (κ3) is 3.64. The maximum absolute atomic E-state index is 12.5. The molecular weight excluding hydrogens is 349 g/mol. The van der Waals surface area contributed by atoms with Crippen molar-refractivity contribution in [3.05, 3.63) is 27.7 Å². The fourth-order valence-corrected chi connectivity index (χ4v) is 4.01. The van der Waals surface area contributed by atoms with Crippen LogP contribution in [0, 0.1) is 11.8 Å². The number of nitrogens with two attached hydrogens (primary N) is 1. The van der Waals surface area contributed by atoms with Crippen LogP contribution in [-0.2, 0) is 4.79 Å². The fraction of sp³-hybridized carbons (Fsp3) is 0.588. The van der Waals surface area contributed by atoms with Crippen LogP contribution in [0.1, 0.15) is 30.9 Å². The van der Waals surface area contributed by atoms with Crippen LogP contribution in [0.2, 0.25) is 10.0 Å². The van der Waals surface area contributed by atoms with E-state index in [0.717, 1.165) is 45.4 Å². The molecule has 0 spiro atoms. The first-order valence-corrected chi connectivity index (χ1v) is 9.16. The second-order valence-corrected chi connectivity index (χ2v) is 7.52. The molecule has 7 heteroatoms. The summed E-state index contributed by atoms with van der Waals surface area (Å²) in [6, 6.07) is 2.77. The average molecular weight is 372 g/mol. The highest BCUT2D eigenvalue weighted by Crippen LogP contribution is 2.37. The number of nitrogens with one attached hydrogen (secondary N) is 1. The monoisotopic (exact) mass is 371 g/mol. The van der Waals surface area contributed by atoms with E-state index in [4.69, 9.17) is 28.9 Å². The molecule has 1 aromatic rings. The number of amides is 1. The molecule has 132 valence electrons. The Kier molecular flexibility index (Phi) is 5.55. The molecule has 4 N–H and O–H groups in total. The summed E-state index contributed by atoms with van der Waals surface area (Å²) in [6.07, 6.45) is 2.58. The molecule has 2 heterocycles. The second kappa shape index (κ2) is 7.48. The van der Waals surface area contributed by atoms with Gasteiger partial charge in [0.1, 0.15) is 5.75 Å². The molecule has 5 nitrogen and oxygen atoms in total. The van der Waals surface area contributed by atoms with E-state index in [-0.39, 0.29) is 29.5 Å². The van der Waals surface area contributed by atoms with Gasteiger partial charge >= 0.3 is 0 Å². The van der Waals surface area contributed by atoms with Gasteiger partial charge in [0.15, 0.2) is 0 Å². The lowest BCUT2D eigenvalue weighted by molar-refractivity contribution is -0.136. The number of aromatic hydroxyl groups is 1. The van der Waals surface area contributed by atoms with Gasteiger partial charge in [-0.15, -0.1) is 0 Å². The molecule has 2 fully saturated rings. The molecule has 1 aromatic carbocycles. The molecule has 0 bridgehead atoms. The number of piperidine rings is 1. The van der Waals surface area contributed by atoms with Crippen molar-refractivity contribution in [2.75, 3.05) is 26.2 Å². The number of carbonyl (C=O) groups excluding carboxylic acids is 1. The van der Waals surface area contributed by atoms with Crippen LogP contribution in [0.3, 0.4) is 0 Å². The van der Waals surface area contributed by atoms with Crippen molar-refractivity contribution in [3.8, 4) is 5.75 Å². The van der Waals surface area contributed by atoms with Gasteiger partial charge in [-0.3, -0.25) is 4.79 Å². The van der Waals surface area contributed by atoms with Crippen molar-refractivity contribution in [2.24, 2.45) is 17.6 Å². The van der Waals surface area contributed by atoms with Gasteiger partial charge in [0, 0.05) is 37.3 Å². The number of carbonyl (C=O) groups is 1. The van der Waals surface area contributed by atoms with Crippen molar-refractivity contribution in [2.45, 2.75) is 25.3 Å². The van der Waals surface area contributed by atoms with Gasteiger partial charge in [0.2, 0.25) is 5.91 Å². The number of halogens is 2. The SMILES string of the molecule is N[C@H](c1cc(Cl)c(Cl)cc1O)C1CCN(C(=O)C2CCNC2)CC1. The number of hydrogen-bond acceptors (Lipinski definition) is 4. The highest BCUT2D eigenvalue weighted by molar-refractivity contribution is 6.42. The zero-order chi connectivity index (χ0) is 17.3. The Morgan fingerprint density at radius 3 is 2.54 bits per heavy atom. The molecule has 2 aliphatic heterocycles. The first kappa shape index (κ1) is 17.8. The zero-order valence-electron chi connectivity index (χ0n) is 13.5. The Labute approximate surface area is 152 Å². The Morgan fingerprint density at radius 2 is 1.92 bits per heavy atom. The summed E-state index contributed by atoms with van der Waals surface area (Å²) >= 11 is 12.0. The van der Waals surface area contributed by atoms with E-state index < -0.39 is 0 Å². The summed E-state index contributed by atoms with van der Waals surface area (Å²) in [5, 5.41) is 14.0. The molecule has 3 rings (SSSR count). The van der Waals surface area contributed by atoms with E-state index in [1.807, 2.05) is 4.90 Å². The topological polar surface area (TPSA) is 78.6 Å². The fourth-order valence-electron chi connectivity index (χ4n) is 3.68. The summed E-state index contributed by atoms with van der Waals surface area (Å²) in [5.41, 5.74) is 6.98. The first-order chi connectivity index (χ1) is 11.5. The van der Waals surface area contributed by atoms with E-state index >= 15 is 0 Å². The summed E-state index contributed by atoms with van der Waals surface area (Å²) in [6.45, 7) is 3.15. The molecule has 2 saturated heterocycles. The standard InChI is InChI=1S/C17H23Cl2N3O2/c18-13-7-12(15(23)8-14(13)19)16(20)10-2-5-22(6-3-10)17(24)11-1-4-21-9-11/h7-8,10-11,16,21,23H,1-6,9,20H2/t11?,16-/m0/s1. The number of rotatable bonds is 3. The smallest absolute Gasteiger partial charge is 0.227 e. The van der Waals surface area contributed by atoms with Crippen LogP contribution in [-0.4, -0.2) is 42.1 Å². The van der Waals surface area contributed by atoms with Crippen LogP contribution in [0.15, 0.2) is 12.1 Å². The van der Waals surface area contributed by atoms with Crippen molar-refractivity contribution in [1.82, 2.24) is 10.2 Å². The largest absolute Gasteiger partial charge is 0.508 e. The van der Waals surface area contributed by atoms with E-state index in [0.29, 0.717) is 15.6 Å². The lowest BCUT2D eigenvalue weighted by Crippen LogP contribution is -2.44. The van der Waals surface area contributed by atoms with Crippen molar-refractivity contribution < 1.29 is 9.90 Å². The Bertz CT molecular complexity index is 612. The van der Waals surface area contributed by atoms with Crippen LogP contribution < -0.4 is 11.1 Å². The van der Waals surface area contributed by atoms with Gasteiger partial charge in [-0.2, -0.15) is 0 Å². The van der Waals surface area contributed by atoms with Crippen LogP contribution in [0.4, 0.5) is 0 Å². The third-order valence-electron chi connectivity index (χ3n) is 5.20. The number of hydrogen-bond donors (Lipinski definition) is 3. The number of benzene rings is 1. The molecule has 2 atom stereocenters. The van der Waals surface area contributed by atoms with Crippen LogP contribution in [0.25, 0.3) is 0 Å². The summed E-state index contributed by atoms with van der Waals surface area (Å²) in [5.74, 6) is 0.657. The molecule has 1 amide bonds. The number of phenolic OH excluding ortho intramolecular Hbond substituents is 1. The molecule has 0 aromatic heterocycles. The van der Waals surface area contributed by atoms with E-state index in [1.54, 1.807) is 6.07 Å². The van der Waals surface area contributed by atoms with Gasteiger partial charge < -0.3 is 21.1 Å². The van der Waals surface area contributed by atoms with Crippen molar-refractivity contribution >= 4 is 29.1 Å². The van der Waals surface area contributed by atoms with Crippen LogP contribution in [0.5, 0.6) is 5.75 Å². The van der Waals surface area contributed by atoms with Gasteiger partial charge in [-0.1, -0.05) is 23.2 Å². The lowest BCUT2D eigenvalue weighted by Gasteiger charge is -2.36. The molecule has 0 radical (unpaired) electrons. The quantitative estimate of drug-likeness (QED) is 0.762. The zero-order valence-corrected chi connectivity index (χ0v) is 15.0. The van der Waals surface area contributed by atoms with Crippen LogP contribution >= 0.6 is 23.2 Å². The summed E-state index contributed by atoms with van der Waals surface area (Å²) < 4.78 is 0. The third-order valence-corrected chi connectivity index (χ3v) is 5.92. The van der Waals surface area contributed by atoms with E-state index in [9.17, 15) is 9.90 Å². The predicted molar refractivity (Wildman–Crippen MR) is 95.3 cm³/mol. The second-order valence-electron chi connectivity index (χ2n) is 6.70. The molecule has 1 unspecified atom stereocenters. The lowest BCUT2D eigenvalue weighted by atomic mass is 9.85. The van der Waals surface area contributed by atoms with Gasteiger partial charge in [-0.05, 0) is 37.8 Å². The summed E-state index contributed by atoms with van der Waals surface area (Å²) in [7, 11) is 0. The Morgan fingerprint density at radius 1 is 1.25 bits per heavy atom. The number of nitrogens with zero attached hydrogens (tertiary/aromatic N) is 1. The van der Waals surface area contributed by atoms with Gasteiger partial charge in [-0.25, -0.2) is 0 Å². The van der Waals surface area contributed by atoms with Gasteiger partial charge in [0.05, 0.1) is 16.0 Å². The van der Waals surface area contributed by atoms with Crippen molar-refractivity contribution in [1.29, 1.82) is 0 Å². The van der Waals surface area contributed by atoms with Gasteiger partial charge in [0.25, 0.3) is 0 Å². The predicted octanol–water partition coefficient (Wildman–Crippen LogP) is 2.55. The highest BCUT2D eigenvalue weighted by Gasteiger charge is 2.32. The minimum absolute atomic E-state index is 0.0763. The first-order valence-electron chi connectivity index (χ1n) is 8.40. The van der Waals surface area contributed by atoms with Crippen molar-refractivity contribution in [3.63, 3.8) is 0 Å². The molecule has 0 aliphatic carbocycles. The summed E-state index contributed by atoms with van der Waals surface area (Å²) in [4.78, 5) is 14.4. The molecule has 2 aliphatic rings. The Hall–Kier alpha value is -1.01. The molecule has 24 heavy (non-hydrogen) atoms. The number of likely N-dealkylation sites (tertiary alicyclic amines) is 1. The number of phenols is 1. The highest BCUT2D eigenvalue weighted by atomic mass is 35.5. The maximum Gasteiger partial charge on any atom is 0.227 e. The van der Waals surface area contributed by atoms with E-state index in [1.165, 1.54) is 6.07 Å². The minimum atomic E-state index is -0.315. The average Bonchev–Trinajstić information content (AvgIpc) is 3.11. The molecule has 0 saturated carbocycles. The minimum Gasteiger partial charge on any atom is -0.508 e. The Balaban J connectivity index is 1.62. The molecular formula is C17H23Cl2N3O2. The normalized spacial score (nSPS) is 23.5. The maximum atomic E-state index is 12.5. The van der Waals surface area contributed by atoms with E-state index in [2.05, 4.69) is 5.32 Å².